The third-order valence-electron chi connectivity index (χ3n) is 4.82. The lowest BCUT2D eigenvalue weighted by Crippen LogP contribution is -2.49. The second-order valence-electron chi connectivity index (χ2n) is 5.54. The third kappa shape index (κ3) is 1.14. The van der Waals surface area contributed by atoms with E-state index >= 15 is 0 Å². The molecule has 2 aromatic carbocycles. The Labute approximate surface area is 112 Å². The Balaban J connectivity index is 2.13. The molecule has 0 aliphatic heterocycles. The Hall–Kier alpha value is -2.09. The van der Waals surface area contributed by atoms with E-state index in [2.05, 4.69) is 36.4 Å². The summed E-state index contributed by atoms with van der Waals surface area (Å²) in [7, 11) is 0. The molecule has 3 aliphatic carbocycles. The summed E-state index contributed by atoms with van der Waals surface area (Å²) in [5, 5.41) is 0. The van der Waals surface area contributed by atoms with Gasteiger partial charge in [-0.2, -0.15) is 0 Å². The van der Waals surface area contributed by atoms with E-state index in [0.29, 0.717) is 5.92 Å². The van der Waals surface area contributed by atoms with Crippen molar-refractivity contribution in [3.05, 3.63) is 70.8 Å². The Morgan fingerprint density at radius 3 is 2.05 bits per heavy atom. The van der Waals surface area contributed by atoms with Crippen molar-refractivity contribution in [3.63, 3.8) is 0 Å². The molecule has 0 spiro atoms. The largest absolute Gasteiger partial charge is 0.369 e. The molecule has 2 bridgehead atoms. The van der Waals surface area contributed by atoms with Gasteiger partial charge in [-0.25, -0.2) is 0 Å². The van der Waals surface area contributed by atoms with E-state index in [0.717, 1.165) is 24.0 Å². The maximum atomic E-state index is 12.3. The monoisotopic (exact) mass is 249 g/mol. The smallest absolute Gasteiger partial charge is 0.232 e. The molecule has 2 N–H and O–H groups in total. The second kappa shape index (κ2) is 3.47. The lowest BCUT2D eigenvalue weighted by molar-refractivity contribution is -0.122. The molecule has 0 heterocycles. The summed E-state index contributed by atoms with van der Waals surface area (Å²) in [5.41, 5.74) is 10.0. The minimum atomic E-state index is -0.609. The summed E-state index contributed by atoms with van der Waals surface area (Å²) in [6.45, 7) is 0. The van der Waals surface area contributed by atoms with Gasteiger partial charge in [-0.3, -0.25) is 4.79 Å². The van der Waals surface area contributed by atoms with Crippen molar-refractivity contribution in [2.24, 2.45) is 5.73 Å². The molecular formula is C17H15NO. The fraction of sp³-hybridized carbons (Fsp3) is 0.235. The van der Waals surface area contributed by atoms with Gasteiger partial charge in [0.2, 0.25) is 5.91 Å². The molecule has 94 valence electrons. The van der Waals surface area contributed by atoms with E-state index in [1.807, 2.05) is 12.1 Å². The first kappa shape index (κ1) is 10.8. The van der Waals surface area contributed by atoms with Gasteiger partial charge < -0.3 is 5.73 Å². The number of carbonyl (C=O) groups excluding carboxylic acids is 1. The first-order chi connectivity index (χ1) is 9.25. The van der Waals surface area contributed by atoms with Crippen LogP contribution in [-0.2, 0) is 10.2 Å². The van der Waals surface area contributed by atoms with Gasteiger partial charge in [0.25, 0.3) is 0 Å². The van der Waals surface area contributed by atoms with E-state index in [1.54, 1.807) is 0 Å². The van der Waals surface area contributed by atoms with Gasteiger partial charge >= 0.3 is 0 Å². The standard InChI is InChI=1S/C17H15NO/c18-16(19)17-10-9-11(12-5-1-3-7-14(12)17)13-6-2-4-8-15(13)17/h1-8,11H,9-10H2,(H2,18,19). The number of hydrogen-bond donors (Lipinski definition) is 1. The summed E-state index contributed by atoms with van der Waals surface area (Å²) in [4.78, 5) is 12.3. The minimum Gasteiger partial charge on any atom is -0.369 e. The molecule has 2 aromatic rings. The Kier molecular flexibility index (Phi) is 1.97. The molecule has 0 atom stereocenters. The third-order valence-corrected chi connectivity index (χ3v) is 4.82. The number of nitrogens with two attached hydrogens (primary N) is 1. The van der Waals surface area contributed by atoms with Crippen LogP contribution in [0.5, 0.6) is 0 Å². The SMILES string of the molecule is NC(=O)C12CCC(c3ccccc31)c1ccccc12. The van der Waals surface area contributed by atoms with Gasteiger partial charge in [0.15, 0.2) is 0 Å². The van der Waals surface area contributed by atoms with Crippen LogP contribution in [0.4, 0.5) is 0 Å². The van der Waals surface area contributed by atoms with E-state index < -0.39 is 5.41 Å². The molecule has 0 saturated heterocycles. The fourth-order valence-corrected chi connectivity index (χ4v) is 4.02. The molecule has 1 amide bonds. The van der Waals surface area contributed by atoms with E-state index in [9.17, 15) is 4.79 Å². The van der Waals surface area contributed by atoms with Crippen LogP contribution in [0.2, 0.25) is 0 Å². The maximum absolute atomic E-state index is 12.3. The predicted molar refractivity (Wildman–Crippen MR) is 73.9 cm³/mol. The normalized spacial score (nSPS) is 26.6. The van der Waals surface area contributed by atoms with Gasteiger partial charge in [0, 0.05) is 5.92 Å². The van der Waals surface area contributed by atoms with Crippen LogP contribution in [-0.4, -0.2) is 5.91 Å². The van der Waals surface area contributed by atoms with Crippen LogP contribution in [0.25, 0.3) is 0 Å². The number of amides is 1. The van der Waals surface area contributed by atoms with Gasteiger partial charge in [-0.15, -0.1) is 0 Å². The van der Waals surface area contributed by atoms with Crippen molar-refractivity contribution in [1.82, 2.24) is 0 Å². The average molecular weight is 249 g/mol. The lowest BCUT2D eigenvalue weighted by Gasteiger charge is -2.47. The highest BCUT2D eigenvalue weighted by atomic mass is 16.1. The van der Waals surface area contributed by atoms with Gasteiger partial charge in [-0.1, -0.05) is 48.5 Å². The molecule has 19 heavy (non-hydrogen) atoms. The van der Waals surface area contributed by atoms with E-state index in [1.165, 1.54) is 11.1 Å². The molecule has 0 fully saturated rings. The Morgan fingerprint density at radius 1 is 1.00 bits per heavy atom. The zero-order valence-electron chi connectivity index (χ0n) is 10.6. The summed E-state index contributed by atoms with van der Waals surface area (Å²) >= 11 is 0. The molecule has 3 aliphatic rings. The highest BCUT2D eigenvalue weighted by molar-refractivity contribution is 5.93. The number of fused-ring (bicyclic) bond motifs is 1. The number of benzene rings is 2. The molecule has 2 nitrogen and oxygen atoms in total. The molecular weight excluding hydrogens is 234 g/mol. The maximum Gasteiger partial charge on any atom is 0.232 e. The van der Waals surface area contributed by atoms with Crippen molar-refractivity contribution < 1.29 is 4.79 Å². The van der Waals surface area contributed by atoms with Crippen LogP contribution in [0, 0.1) is 0 Å². The van der Waals surface area contributed by atoms with Crippen molar-refractivity contribution >= 4 is 5.91 Å². The molecule has 0 radical (unpaired) electrons. The van der Waals surface area contributed by atoms with Gasteiger partial charge in [0.05, 0.1) is 5.41 Å². The zero-order chi connectivity index (χ0) is 13.0. The molecule has 5 rings (SSSR count). The topological polar surface area (TPSA) is 43.1 Å². The van der Waals surface area contributed by atoms with Crippen molar-refractivity contribution in [3.8, 4) is 0 Å². The highest BCUT2D eigenvalue weighted by Gasteiger charge is 2.51. The zero-order valence-corrected chi connectivity index (χ0v) is 10.6. The summed E-state index contributed by atoms with van der Waals surface area (Å²) in [6.07, 6.45) is 1.85. The molecule has 0 aromatic heterocycles. The number of hydrogen-bond acceptors (Lipinski definition) is 1. The van der Waals surface area contributed by atoms with Crippen molar-refractivity contribution in [1.29, 1.82) is 0 Å². The van der Waals surface area contributed by atoms with Crippen LogP contribution < -0.4 is 5.73 Å². The Bertz CT molecular complexity index is 642. The molecule has 2 heteroatoms. The molecule has 0 unspecified atom stereocenters. The van der Waals surface area contributed by atoms with Crippen LogP contribution in [0.1, 0.15) is 41.0 Å². The van der Waals surface area contributed by atoms with Gasteiger partial charge in [-0.05, 0) is 35.1 Å². The number of carbonyl (C=O) groups is 1. The van der Waals surface area contributed by atoms with Crippen molar-refractivity contribution in [2.75, 3.05) is 0 Å². The van der Waals surface area contributed by atoms with Crippen molar-refractivity contribution in [2.45, 2.75) is 24.2 Å². The lowest BCUT2D eigenvalue weighted by atomic mass is 9.55. The van der Waals surface area contributed by atoms with Crippen LogP contribution >= 0.6 is 0 Å². The molecule has 0 saturated carbocycles. The highest BCUT2D eigenvalue weighted by Crippen LogP contribution is 2.55. The van der Waals surface area contributed by atoms with Crippen LogP contribution in [0.3, 0.4) is 0 Å². The first-order valence-corrected chi connectivity index (χ1v) is 6.74. The average Bonchev–Trinajstić information content (AvgIpc) is 2.47. The summed E-state index contributed by atoms with van der Waals surface area (Å²) < 4.78 is 0. The second-order valence-corrected chi connectivity index (χ2v) is 5.54. The minimum absolute atomic E-state index is 0.217. The van der Waals surface area contributed by atoms with E-state index in [4.69, 9.17) is 5.73 Å². The number of primary amides is 1. The first-order valence-electron chi connectivity index (χ1n) is 6.74. The summed E-state index contributed by atoms with van der Waals surface area (Å²) in [5.74, 6) is 0.208. The number of rotatable bonds is 1. The quantitative estimate of drug-likeness (QED) is 0.829. The summed E-state index contributed by atoms with van der Waals surface area (Å²) in [6, 6.07) is 16.6. The predicted octanol–water partition coefficient (Wildman–Crippen LogP) is 2.70. The Morgan fingerprint density at radius 2 is 1.53 bits per heavy atom. The fourth-order valence-electron chi connectivity index (χ4n) is 4.02. The van der Waals surface area contributed by atoms with Crippen LogP contribution in [0.15, 0.2) is 48.5 Å². The van der Waals surface area contributed by atoms with E-state index in [-0.39, 0.29) is 5.91 Å². The van der Waals surface area contributed by atoms with Gasteiger partial charge in [0.1, 0.15) is 0 Å².